The molecule has 0 aromatic rings. The molecule has 0 unspecified atom stereocenters. The van der Waals surface area contributed by atoms with Gasteiger partial charge in [0.2, 0.25) is 0 Å². The maximum atomic E-state index is 6.63. The van der Waals surface area contributed by atoms with Crippen LogP contribution in [0.3, 0.4) is 0 Å². The van der Waals surface area contributed by atoms with Gasteiger partial charge in [0.1, 0.15) is 0 Å². The molecule has 23 heteroatoms. The maximum absolute atomic E-state index is 6.63. The number of hydrogen-bond donors (Lipinski definition) is 0. The molecule has 0 amide bonds. The fourth-order valence-corrected chi connectivity index (χ4v) is 33.5. The van der Waals surface area contributed by atoms with Crippen LogP contribution in [-0.2, 0) is 74.0 Å². The topological polar surface area (TPSA) is 157 Å². The fraction of sp³-hybridized carbons (Fsp3) is 1.00. The highest BCUT2D eigenvalue weighted by molar-refractivity contribution is 7.33. The first-order valence-corrected chi connectivity index (χ1v) is 22.4. The van der Waals surface area contributed by atoms with Crippen molar-refractivity contribution in [2.24, 2.45) is 0 Å². The van der Waals surface area contributed by atoms with E-state index in [0.717, 1.165) is 0 Å². The molecule has 0 atom stereocenters. The van der Waals surface area contributed by atoms with E-state index in [-0.39, 0.29) is 12.7 Å². The van der Waals surface area contributed by atoms with Crippen molar-refractivity contribution < 1.29 is 74.0 Å². The van der Waals surface area contributed by atoms with Gasteiger partial charge in [0.15, 0.2) is 0 Å². The van der Waals surface area contributed by atoms with Gasteiger partial charge in [-0.2, -0.15) is 0 Å². The second-order valence-corrected chi connectivity index (χ2v) is 26.8. The lowest BCUT2D eigenvalue weighted by Crippen LogP contribution is -2.84. The first-order chi connectivity index (χ1) is 18.0. The fourth-order valence-electron chi connectivity index (χ4n) is 3.49. The first-order valence-electron chi connectivity index (χ1n) is 11.1. The predicted molar refractivity (Wildman–Crippen MR) is 138 cm³/mol. The Hall–Kier alpha value is 0.621. The van der Waals surface area contributed by atoms with Gasteiger partial charge < -0.3 is 74.0 Å². The van der Waals surface area contributed by atoms with Crippen molar-refractivity contribution in [1.29, 1.82) is 0 Å². The lowest BCUT2D eigenvalue weighted by atomic mass is 10.5. The van der Waals surface area contributed by atoms with Crippen LogP contribution in [0.2, 0.25) is 6.04 Å². The molecule has 1 aliphatic rings. The molecule has 0 radical (unpaired) electrons. The molecule has 0 aromatic heterocycles. The lowest BCUT2D eigenvalue weighted by Gasteiger charge is -2.50. The van der Waals surface area contributed by atoms with Crippen LogP contribution in [0, 0.1) is 0 Å². The Morgan fingerprint density at radius 3 is 0.947 bits per heavy atom. The molecule has 0 spiro atoms. The predicted octanol–water partition coefficient (Wildman–Crippen LogP) is -0.568. The summed E-state index contributed by atoms with van der Waals surface area (Å²) in [6, 6.07) is 0.179. The lowest BCUT2D eigenvalue weighted by molar-refractivity contribution is -0.0262. The Balaban J connectivity index is 4.12. The summed E-state index contributed by atoms with van der Waals surface area (Å²) in [5.41, 5.74) is 0. The zero-order valence-corrected chi connectivity index (χ0v) is 30.1. The van der Waals surface area contributed by atoms with Gasteiger partial charge >= 0.3 is 52.6 Å². The normalized spacial score (nSPS) is 18.6. The first kappa shape index (κ1) is 36.6. The zero-order chi connectivity index (χ0) is 29.1. The van der Waals surface area contributed by atoms with E-state index in [2.05, 4.69) is 0 Å². The van der Waals surface area contributed by atoms with E-state index in [9.17, 15) is 0 Å². The molecule has 17 nitrogen and oxygen atoms in total. The van der Waals surface area contributed by atoms with Crippen LogP contribution < -0.4 is 0 Å². The Labute approximate surface area is 230 Å². The van der Waals surface area contributed by atoms with E-state index < -0.39 is 52.6 Å². The van der Waals surface area contributed by atoms with Gasteiger partial charge in [-0.25, -0.2) is 0 Å². The molecule has 0 saturated carbocycles. The van der Waals surface area contributed by atoms with E-state index in [1.807, 2.05) is 0 Å². The summed E-state index contributed by atoms with van der Waals surface area (Å²) in [5, 5.41) is 0. The Morgan fingerprint density at radius 1 is 0.421 bits per heavy atom. The third-order valence-electron chi connectivity index (χ3n) is 5.51. The maximum Gasteiger partial charge on any atom is 0.671 e. The third kappa shape index (κ3) is 7.52. The summed E-state index contributed by atoms with van der Waals surface area (Å²) in [5.74, 6) is 0. The molecule has 1 saturated heterocycles. The van der Waals surface area contributed by atoms with Crippen molar-refractivity contribution in [2.45, 2.75) is 12.5 Å². The monoisotopic (exact) mass is 662 g/mol. The van der Waals surface area contributed by atoms with Crippen LogP contribution >= 0.6 is 0 Å². The van der Waals surface area contributed by atoms with Crippen LogP contribution in [-0.4, -0.2) is 145 Å². The van der Waals surface area contributed by atoms with Gasteiger partial charge in [-0.05, 0) is 12.5 Å². The molecule has 228 valence electrons. The van der Waals surface area contributed by atoms with Gasteiger partial charge in [-0.1, -0.05) is 0 Å². The summed E-state index contributed by atoms with van der Waals surface area (Å²) >= 11 is 0. The van der Waals surface area contributed by atoms with Gasteiger partial charge in [-0.15, -0.1) is 0 Å². The molecule has 1 aliphatic heterocycles. The van der Waals surface area contributed by atoms with E-state index in [1.165, 1.54) is 85.3 Å². The van der Waals surface area contributed by atoms with Crippen LogP contribution in [0.25, 0.3) is 0 Å². The van der Waals surface area contributed by atoms with Crippen molar-refractivity contribution >= 4 is 52.6 Å². The van der Waals surface area contributed by atoms with Crippen molar-refractivity contribution in [3.05, 3.63) is 0 Å². The molecule has 0 N–H and O–H groups in total. The summed E-state index contributed by atoms with van der Waals surface area (Å²) < 4.78 is 99.8. The summed E-state index contributed by atoms with van der Waals surface area (Å²) in [6.07, 6.45) is 0.430. The van der Waals surface area contributed by atoms with Gasteiger partial charge in [0.25, 0.3) is 0 Å². The van der Waals surface area contributed by atoms with Crippen LogP contribution in [0.1, 0.15) is 6.42 Å². The Morgan fingerprint density at radius 2 is 0.684 bits per heavy atom. The van der Waals surface area contributed by atoms with Crippen molar-refractivity contribution in [2.75, 3.05) is 91.9 Å². The molecule has 0 aliphatic carbocycles. The standard InChI is InChI=1S/C15H42O17Si6/c1-16-34(17-2,18-3)29-33(30-35(19-4,20-5)21-6)15-13-14-28-38(33,31-36(22-7,23-8)24-9)32-37(25-10,26-11)27-12/h13-15H2,1-12H3. The number of hydrogen-bond acceptors (Lipinski definition) is 17. The van der Waals surface area contributed by atoms with Crippen molar-refractivity contribution in [3.8, 4) is 0 Å². The van der Waals surface area contributed by atoms with Gasteiger partial charge in [-0.3, -0.25) is 0 Å². The summed E-state index contributed by atoms with van der Waals surface area (Å²) in [4.78, 5) is 0. The molecule has 0 bridgehead atoms. The highest BCUT2D eigenvalue weighted by Gasteiger charge is 2.81. The molecule has 1 heterocycles. The highest BCUT2D eigenvalue weighted by atomic mass is 29.3. The second kappa shape index (κ2) is 15.7. The van der Waals surface area contributed by atoms with Crippen molar-refractivity contribution in [1.82, 2.24) is 0 Å². The quantitative estimate of drug-likeness (QED) is 0.153. The van der Waals surface area contributed by atoms with Crippen LogP contribution in [0.5, 0.6) is 0 Å². The Kier molecular flexibility index (Phi) is 15.2. The van der Waals surface area contributed by atoms with E-state index in [4.69, 9.17) is 74.0 Å². The average Bonchev–Trinajstić information content (AvgIpc) is 2.98. The van der Waals surface area contributed by atoms with Gasteiger partial charge in [0.05, 0.1) is 0 Å². The molecule has 1 fully saturated rings. The smallest absolute Gasteiger partial charge is 0.374 e. The molecular formula is C15H42O17Si6. The van der Waals surface area contributed by atoms with Crippen molar-refractivity contribution in [3.63, 3.8) is 0 Å². The van der Waals surface area contributed by atoms with Gasteiger partial charge in [0, 0.05) is 91.9 Å². The molecule has 1 rings (SSSR count). The summed E-state index contributed by atoms with van der Waals surface area (Å²) in [6.45, 7) is 0.153. The highest BCUT2D eigenvalue weighted by Crippen LogP contribution is 2.42. The van der Waals surface area contributed by atoms with Crippen LogP contribution in [0.4, 0.5) is 0 Å². The number of rotatable bonds is 20. The van der Waals surface area contributed by atoms with Crippen LogP contribution in [0.15, 0.2) is 0 Å². The second-order valence-electron chi connectivity index (χ2n) is 7.12. The SMILES string of the molecule is CO[Si](OC)(OC)O[Si]1(O[Si](OC)(OC)OC)CCCO[Si]1(O[Si](OC)(OC)OC)O[Si](OC)(OC)OC. The molecule has 38 heavy (non-hydrogen) atoms. The van der Waals surface area contributed by atoms with E-state index in [1.54, 1.807) is 0 Å². The minimum atomic E-state index is -4.52. The van der Waals surface area contributed by atoms with E-state index in [0.29, 0.717) is 6.42 Å². The largest absolute Gasteiger partial charge is 0.671 e. The Bertz CT molecular complexity index is 545. The minimum absolute atomic E-state index is 0.153. The molecular weight excluding hydrogens is 621 g/mol. The third-order valence-corrected chi connectivity index (χ3v) is 30.5. The zero-order valence-electron chi connectivity index (χ0n) is 24.1. The minimum Gasteiger partial charge on any atom is -0.374 e. The molecule has 0 aromatic carbocycles. The average molecular weight is 663 g/mol. The van der Waals surface area contributed by atoms with E-state index >= 15 is 0 Å². The summed E-state index contributed by atoms with van der Waals surface area (Å²) in [7, 11) is -8.37.